The Morgan fingerprint density at radius 1 is 0.767 bits per heavy atom. The summed E-state index contributed by atoms with van der Waals surface area (Å²) >= 11 is 0. The van der Waals surface area contributed by atoms with Gasteiger partial charge in [-0.2, -0.15) is 0 Å². The molecular formula is C25H15N3O2. The second-order valence-corrected chi connectivity index (χ2v) is 6.99. The number of rotatable bonds is 1. The molecule has 0 saturated carbocycles. The Kier molecular flexibility index (Phi) is 3.68. The van der Waals surface area contributed by atoms with Gasteiger partial charge in [-0.15, -0.1) is 0 Å². The van der Waals surface area contributed by atoms with Crippen LogP contribution in [-0.4, -0.2) is 21.3 Å². The molecule has 5 nitrogen and oxygen atoms in total. The van der Waals surface area contributed by atoms with Crippen molar-refractivity contribution in [3.63, 3.8) is 0 Å². The maximum absolute atomic E-state index is 5.44. The fourth-order valence-electron chi connectivity index (χ4n) is 3.67. The Labute approximate surface area is 172 Å². The first-order valence-corrected chi connectivity index (χ1v) is 9.58. The average Bonchev–Trinajstić information content (AvgIpc) is 3.45. The molecule has 3 heterocycles. The van der Waals surface area contributed by atoms with Crippen molar-refractivity contribution in [3.05, 3.63) is 90.4 Å². The highest BCUT2D eigenvalue weighted by molar-refractivity contribution is 6.03. The van der Waals surface area contributed by atoms with Crippen LogP contribution in [0.15, 0.2) is 79.3 Å². The largest absolute Gasteiger partial charge is 0.454 e. The van der Waals surface area contributed by atoms with E-state index in [0.717, 1.165) is 50.2 Å². The highest BCUT2D eigenvalue weighted by Crippen LogP contribution is 2.32. The van der Waals surface area contributed by atoms with E-state index in [9.17, 15) is 0 Å². The van der Waals surface area contributed by atoms with E-state index in [1.807, 2.05) is 61.1 Å². The maximum Gasteiger partial charge on any atom is 0.231 e. The zero-order valence-electron chi connectivity index (χ0n) is 15.9. The van der Waals surface area contributed by atoms with Gasteiger partial charge in [-0.1, -0.05) is 30.0 Å². The zero-order valence-corrected chi connectivity index (χ0v) is 15.9. The minimum Gasteiger partial charge on any atom is -0.454 e. The van der Waals surface area contributed by atoms with E-state index < -0.39 is 0 Å². The number of hydrogen-bond acceptors (Lipinski definition) is 4. The number of imidazole rings is 1. The van der Waals surface area contributed by atoms with Crippen molar-refractivity contribution in [2.75, 3.05) is 6.79 Å². The Balaban J connectivity index is 1.48. The molecule has 142 valence electrons. The number of hydrogen-bond donors (Lipinski definition) is 0. The first-order valence-electron chi connectivity index (χ1n) is 9.58. The van der Waals surface area contributed by atoms with Crippen molar-refractivity contribution in [1.29, 1.82) is 0 Å². The summed E-state index contributed by atoms with van der Waals surface area (Å²) in [7, 11) is 0. The Morgan fingerprint density at radius 2 is 1.57 bits per heavy atom. The fourth-order valence-corrected chi connectivity index (χ4v) is 3.67. The van der Waals surface area contributed by atoms with Crippen LogP contribution in [0.2, 0.25) is 0 Å². The third-order valence-corrected chi connectivity index (χ3v) is 5.13. The second kappa shape index (κ2) is 6.64. The molecule has 0 radical (unpaired) electrons. The van der Waals surface area contributed by atoms with Crippen LogP contribution < -0.4 is 9.47 Å². The monoisotopic (exact) mass is 389 g/mol. The molecule has 0 spiro atoms. The summed E-state index contributed by atoms with van der Waals surface area (Å²) in [5, 5.41) is 1.02. The number of fused-ring (bicyclic) bond motifs is 4. The van der Waals surface area contributed by atoms with Crippen LogP contribution in [-0.2, 0) is 0 Å². The highest BCUT2D eigenvalue weighted by Gasteiger charge is 2.13. The van der Waals surface area contributed by atoms with Crippen molar-refractivity contribution in [3.8, 4) is 29.0 Å². The van der Waals surface area contributed by atoms with E-state index in [0.29, 0.717) is 0 Å². The predicted octanol–water partition coefficient (Wildman–Crippen LogP) is 4.70. The lowest BCUT2D eigenvalue weighted by Gasteiger charge is -2.06. The molecule has 3 aromatic carbocycles. The maximum atomic E-state index is 5.44. The lowest BCUT2D eigenvalue weighted by molar-refractivity contribution is 0.174. The zero-order chi connectivity index (χ0) is 19.9. The van der Waals surface area contributed by atoms with E-state index in [4.69, 9.17) is 9.47 Å². The summed E-state index contributed by atoms with van der Waals surface area (Å²) in [5.74, 6) is 7.96. The summed E-state index contributed by atoms with van der Waals surface area (Å²) < 4.78 is 12.9. The number of benzene rings is 3. The molecule has 1 aliphatic heterocycles. The summed E-state index contributed by atoms with van der Waals surface area (Å²) in [6.45, 7) is 0.259. The average molecular weight is 389 g/mol. The van der Waals surface area contributed by atoms with Crippen LogP contribution in [0.3, 0.4) is 0 Å². The Morgan fingerprint density at radius 3 is 2.47 bits per heavy atom. The van der Waals surface area contributed by atoms with Crippen molar-refractivity contribution in [2.45, 2.75) is 0 Å². The Bertz CT molecular complexity index is 1480. The summed E-state index contributed by atoms with van der Waals surface area (Å²) in [5.41, 5.74) is 5.64. The molecule has 0 bridgehead atoms. The SMILES string of the molecule is C(#Cc1ccc2ncc3ncn(-c4ccccc4)c3c2c1)c1ccc2c(c1)OCO2. The summed E-state index contributed by atoms with van der Waals surface area (Å²) in [6.07, 6.45) is 3.65. The van der Waals surface area contributed by atoms with Gasteiger partial charge in [0, 0.05) is 22.2 Å². The number of ether oxygens (including phenoxy) is 2. The number of para-hydroxylation sites is 1. The van der Waals surface area contributed by atoms with E-state index in [2.05, 4.69) is 44.6 Å². The number of aromatic nitrogens is 3. The lowest BCUT2D eigenvalue weighted by Crippen LogP contribution is -1.93. The molecule has 2 aromatic heterocycles. The van der Waals surface area contributed by atoms with Gasteiger partial charge >= 0.3 is 0 Å². The molecule has 6 rings (SSSR count). The second-order valence-electron chi connectivity index (χ2n) is 6.99. The highest BCUT2D eigenvalue weighted by atomic mass is 16.7. The van der Waals surface area contributed by atoms with Crippen molar-refractivity contribution in [1.82, 2.24) is 14.5 Å². The normalized spacial score (nSPS) is 12.1. The first kappa shape index (κ1) is 16.6. The standard InChI is InChI=1S/C25H15N3O2/c1-2-4-19(5-3-1)28-15-27-22-14-26-21-10-8-17(12-20(21)25(22)28)6-7-18-9-11-23-24(13-18)30-16-29-23/h1-5,8-15H,16H2. The lowest BCUT2D eigenvalue weighted by atomic mass is 10.1. The van der Waals surface area contributed by atoms with E-state index in [1.165, 1.54) is 0 Å². The smallest absolute Gasteiger partial charge is 0.231 e. The van der Waals surface area contributed by atoms with Gasteiger partial charge in [0.25, 0.3) is 0 Å². The van der Waals surface area contributed by atoms with Gasteiger partial charge in [0.15, 0.2) is 11.5 Å². The minimum absolute atomic E-state index is 0.259. The van der Waals surface area contributed by atoms with Crippen molar-refractivity contribution in [2.24, 2.45) is 0 Å². The molecule has 0 N–H and O–H groups in total. The summed E-state index contributed by atoms with van der Waals surface area (Å²) in [6, 6.07) is 22.0. The van der Waals surface area contributed by atoms with Crippen molar-refractivity contribution < 1.29 is 9.47 Å². The number of nitrogens with zero attached hydrogens (tertiary/aromatic N) is 3. The molecule has 0 atom stereocenters. The molecule has 0 amide bonds. The fraction of sp³-hybridized carbons (Fsp3) is 0.0400. The quantitative estimate of drug-likeness (QED) is 0.390. The van der Waals surface area contributed by atoms with Gasteiger partial charge in [-0.3, -0.25) is 9.55 Å². The van der Waals surface area contributed by atoms with Crippen LogP contribution in [0.4, 0.5) is 0 Å². The van der Waals surface area contributed by atoms with Gasteiger partial charge in [0.1, 0.15) is 11.8 Å². The number of pyridine rings is 1. The molecule has 30 heavy (non-hydrogen) atoms. The van der Waals surface area contributed by atoms with Gasteiger partial charge in [-0.25, -0.2) is 4.98 Å². The molecule has 5 aromatic rings. The third-order valence-electron chi connectivity index (χ3n) is 5.13. The van der Waals surface area contributed by atoms with E-state index >= 15 is 0 Å². The molecule has 5 heteroatoms. The van der Waals surface area contributed by atoms with Crippen molar-refractivity contribution >= 4 is 21.9 Å². The molecule has 1 aliphatic rings. The molecule has 0 saturated heterocycles. The van der Waals surface area contributed by atoms with Crippen LogP contribution in [0, 0.1) is 11.8 Å². The van der Waals surface area contributed by atoms with Crippen LogP contribution in [0.5, 0.6) is 11.5 Å². The van der Waals surface area contributed by atoms with Gasteiger partial charge in [0.05, 0.1) is 17.2 Å². The van der Waals surface area contributed by atoms with Crippen LogP contribution in [0.1, 0.15) is 11.1 Å². The molecule has 0 unspecified atom stereocenters. The topological polar surface area (TPSA) is 49.2 Å². The minimum atomic E-state index is 0.259. The molecule has 0 fully saturated rings. The van der Waals surface area contributed by atoms with E-state index in [1.54, 1.807) is 0 Å². The first-order chi connectivity index (χ1) is 14.8. The van der Waals surface area contributed by atoms with Crippen LogP contribution in [0.25, 0.3) is 27.6 Å². The Hall–Kier alpha value is -4.30. The van der Waals surface area contributed by atoms with Gasteiger partial charge in [-0.05, 0) is 48.5 Å². The van der Waals surface area contributed by atoms with Gasteiger partial charge in [0.2, 0.25) is 6.79 Å². The predicted molar refractivity (Wildman–Crippen MR) is 115 cm³/mol. The van der Waals surface area contributed by atoms with Crippen LogP contribution >= 0.6 is 0 Å². The van der Waals surface area contributed by atoms with Gasteiger partial charge < -0.3 is 9.47 Å². The van der Waals surface area contributed by atoms with E-state index in [-0.39, 0.29) is 6.79 Å². The molecule has 0 aliphatic carbocycles. The molecular weight excluding hydrogens is 374 g/mol. The third kappa shape index (κ3) is 2.75. The summed E-state index contributed by atoms with van der Waals surface area (Å²) in [4.78, 5) is 9.10.